The summed E-state index contributed by atoms with van der Waals surface area (Å²) in [5.41, 5.74) is 3.51. The van der Waals surface area contributed by atoms with Crippen molar-refractivity contribution in [3.63, 3.8) is 0 Å². The number of hydrogen-bond acceptors (Lipinski definition) is 4. The molecule has 0 bridgehead atoms. The van der Waals surface area contributed by atoms with Gasteiger partial charge >= 0.3 is 0 Å². The van der Waals surface area contributed by atoms with Gasteiger partial charge in [-0.25, -0.2) is 4.98 Å². The summed E-state index contributed by atoms with van der Waals surface area (Å²) in [6.07, 6.45) is 1.82. The average Bonchev–Trinajstić information content (AvgIpc) is 3.12. The predicted octanol–water partition coefficient (Wildman–Crippen LogP) is 5.76. The first-order valence-corrected chi connectivity index (χ1v) is 10.9. The van der Waals surface area contributed by atoms with Gasteiger partial charge in [0.2, 0.25) is 5.91 Å². The maximum atomic E-state index is 12.7. The molecule has 1 atom stereocenters. The van der Waals surface area contributed by atoms with Crippen molar-refractivity contribution in [2.24, 2.45) is 0 Å². The summed E-state index contributed by atoms with van der Waals surface area (Å²) < 4.78 is 6.83. The zero-order valence-corrected chi connectivity index (χ0v) is 18.8. The Balaban J connectivity index is 1.37. The lowest BCUT2D eigenvalue weighted by Crippen LogP contribution is -2.45. The minimum absolute atomic E-state index is 0.00417. The van der Waals surface area contributed by atoms with Gasteiger partial charge < -0.3 is 9.73 Å². The van der Waals surface area contributed by atoms with Crippen LogP contribution in [0.3, 0.4) is 0 Å². The standard InChI is InChI=1S/C22H23BrClN3O2/c1-13-3-5-18(17(23)11-13)25-21(28)14(2)27-9-7-15(8-10-27)22-26-19-12-16(24)4-6-20(19)29-22/h3-6,11-12,14-15H,7-10H2,1-2H3,(H,25,28). The minimum atomic E-state index is -0.202. The number of benzene rings is 2. The van der Waals surface area contributed by atoms with Crippen LogP contribution < -0.4 is 5.32 Å². The van der Waals surface area contributed by atoms with Gasteiger partial charge in [-0.2, -0.15) is 0 Å². The van der Waals surface area contributed by atoms with Crippen LogP contribution in [0.2, 0.25) is 5.02 Å². The molecule has 1 amide bonds. The van der Waals surface area contributed by atoms with Gasteiger partial charge in [-0.05, 0) is 91.6 Å². The van der Waals surface area contributed by atoms with Crippen molar-refractivity contribution in [1.82, 2.24) is 9.88 Å². The third-order valence-corrected chi connectivity index (χ3v) is 6.45. The van der Waals surface area contributed by atoms with Crippen molar-refractivity contribution < 1.29 is 9.21 Å². The lowest BCUT2D eigenvalue weighted by molar-refractivity contribution is -0.121. The van der Waals surface area contributed by atoms with Crippen molar-refractivity contribution in [2.45, 2.75) is 38.6 Å². The molecule has 0 aliphatic carbocycles. The number of nitrogens with zero attached hydrogens (tertiary/aromatic N) is 2. The van der Waals surface area contributed by atoms with E-state index in [2.05, 4.69) is 31.1 Å². The summed E-state index contributed by atoms with van der Waals surface area (Å²) in [5.74, 6) is 1.03. The van der Waals surface area contributed by atoms with Crippen molar-refractivity contribution in [1.29, 1.82) is 0 Å². The smallest absolute Gasteiger partial charge is 0.241 e. The molecule has 1 aromatic heterocycles. The van der Waals surface area contributed by atoms with Gasteiger partial charge in [0.15, 0.2) is 11.5 Å². The summed E-state index contributed by atoms with van der Waals surface area (Å²) in [5, 5.41) is 3.69. The second-order valence-corrected chi connectivity index (χ2v) is 8.91. The van der Waals surface area contributed by atoms with Crippen LogP contribution in [0, 0.1) is 6.92 Å². The maximum Gasteiger partial charge on any atom is 0.241 e. The second-order valence-electron chi connectivity index (χ2n) is 7.62. The number of anilines is 1. The number of aromatic nitrogens is 1. The van der Waals surface area contributed by atoms with E-state index in [1.165, 1.54) is 0 Å². The fourth-order valence-electron chi connectivity index (χ4n) is 3.75. The Morgan fingerprint density at radius 1 is 1.28 bits per heavy atom. The molecule has 1 saturated heterocycles. The quantitative estimate of drug-likeness (QED) is 0.520. The fourth-order valence-corrected chi connectivity index (χ4v) is 4.51. The molecule has 1 aliphatic heterocycles. The number of carbonyl (C=O) groups excluding carboxylic acids is 1. The zero-order chi connectivity index (χ0) is 20.5. The zero-order valence-electron chi connectivity index (χ0n) is 16.4. The number of rotatable bonds is 4. The highest BCUT2D eigenvalue weighted by Gasteiger charge is 2.29. The number of oxazole rings is 1. The van der Waals surface area contributed by atoms with Crippen LogP contribution in [0.4, 0.5) is 5.69 Å². The Kier molecular flexibility index (Phi) is 5.95. The van der Waals surface area contributed by atoms with E-state index < -0.39 is 0 Å². The molecule has 2 heterocycles. The number of piperidine rings is 1. The van der Waals surface area contributed by atoms with Crippen molar-refractivity contribution in [3.8, 4) is 0 Å². The minimum Gasteiger partial charge on any atom is -0.440 e. The van der Waals surface area contributed by atoms with E-state index in [1.807, 2.05) is 50.2 Å². The third kappa shape index (κ3) is 4.49. The Labute approximate surface area is 183 Å². The lowest BCUT2D eigenvalue weighted by Gasteiger charge is -2.34. The third-order valence-electron chi connectivity index (χ3n) is 5.55. The van der Waals surface area contributed by atoms with Crippen LogP contribution in [-0.4, -0.2) is 34.9 Å². The normalized spacial score (nSPS) is 16.8. The topological polar surface area (TPSA) is 58.4 Å². The van der Waals surface area contributed by atoms with Crippen LogP contribution >= 0.6 is 27.5 Å². The lowest BCUT2D eigenvalue weighted by atomic mass is 9.95. The van der Waals surface area contributed by atoms with Gasteiger partial charge in [0.1, 0.15) is 5.52 Å². The SMILES string of the molecule is Cc1ccc(NC(=O)C(C)N2CCC(c3nc4cc(Cl)ccc4o3)CC2)c(Br)c1. The Morgan fingerprint density at radius 3 is 2.76 bits per heavy atom. The van der Waals surface area contributed by atoms with Crippen molar-refractivity contribution >= 4 is 50.2 Å². The number of carbonyl (C=O) groups is 1. The van der Waals surface area contributed by atoms with E-state index in [4.69, 9.17) is 16.0 Å². The molecule has 0 spiro atoms. The molecule has 7 heteroatoms. The molecule has 0 saturated carbocycles. The van der Waals surface area contributed by atoms with Gasteiger partial charge in [-0.15, -0.1) is 0 Å². The molecule has 1 N–H and O–H groups in total. The molecule has 5 nitrogen and oxygen atoms in total. The monoisotopic (exact) mass is 475 g/mol. The Morgan fingerprint density at radius 2 is 2.03 bits per heavy atom. The van der Waals surface area contributed by atoms with Crippen LogP contribution in [0.5, 0.6) is 0 Å². The molecule has 2 aromatic carbocycles. The molecule has 4 rings (SSSR count). The first kappa shape index (κ1) is 20.4. The first-order valence-electron chi connectivity index (χ1n) is 9.78. The van der Waals surface area contributed by atoms with Crippen molar-refractivity contribution in [2.75, 3.05) is 18.4 Å². The van der Waals surface area contributed by atoms with Crippen molar-refractivity contribution in [3.05, 3.63) is 57.3 Å². The van der Waals surface area contributed by atoms with E-state index in [1.54, 1.807) is 0 Å². The highest BCUT2D eigenvalue weighted by molar-refractivity contribution is 9.10. The summed E-state index contributed by atoms with van der Waals surface area (Å²) in [6.45, 7) is 5.63. The van der Waals surface area contributed by atoms with E-state index in [0.29, 0.717) is 5.02 Å². The molecule has 3 aromatic rings. The van der Waals surface area contributed by atoms with E-state index in [9.17, 15) is 4.79 Å². The molecule has 152 valence electrons. The highest BCUT2D eigenvalue weighted by atomic mass is 79.9. The van der Waals surface area contributed by atoms with E-state index in [-0.39, 0.29) is 17.9 Å². The molecule has 0 radical (unpaired) electrons. The number of halogens is 2. The molecule has 1 aliphatic rings. The van der Waals surface area contributed by atoms with Gasteiger partial charge in [0.05, 0.1) is 11.7 Å². The first-order chi connectivity index (χ1) is 13.9. The Hall–Kier alpha value is -1.89. The summed E-state index contributed by atoms with van der Waals surface area (Å²) >= 11 is 9.56. The van der Waals surface area contributed by atoms with Gasteiger partial charge in [-0.1, -0.05) is 17.7 Å². The number of likely N-dealkylation sites (tertiary alicyclic amines) is 1. The number of hydrogen-bond donors (Lipinski definition) is 1. The maximum absolute atomic E-state index is 12.7. The summed E-state index contributed by atoms with van der Waals surface area (Å²) in [7, 11) is 0. The number of aryl methyl sites for hydroxylation is 1. The molecule has 29 heavy (non-hydrogen) atoms. The highest BCUT2D eigenvalue weighted by Crippen LogP contribution is 2.31. The molecule has 1 fully saturated rings. The summed E-state index contributed by atoms with van der Waals surface area (Å²) in [4.78, 5) is 19.6. The number of amides is 1. The number of fused-ring (bicyclic) bond motifs is 1. The summed E-state index contributed by atoms with van der Waals surface area (Å²) in [6, 6.07) is 11.2. The van der Waals surface area contributed by atoms with Crippen LogP contribution in [0.1, 0.15) is 37.1 Å². The van der Waals surface area contributed by atoms with Crippen LogP contribution in [-0.2, 0) is 4.79 Å². The molecular weight excluding hydrogens is 454 g/mol. The molecule has 1 unspecified atom stereocenters. The predicted molar refractivity (Wildman–Crippen MR) is 120 cm³/mol. The molecular formula is C22H23BrClN3O2. The largest absolute Gasteiger partial charge is 0.440 e. The van der Waals surface area contributed by atoms with Crippen LogP contribution in [0.25, 0.3) is 11.1 Å². The fraction of sp³-hybridized carbons (Fsp3) is 0.364. The Bertz CT molecular complexity index is 1040. The van der Waals surface area contributed by atoms with Gasteiger partial charge in [0.25, 0.3) is 0 Å². The van der Waals surface area contributed by atoms with Gasteiger partial charge in [0, 0.05) is 15.4 Å². The van der Waals surface area contributed by atoms with E-state index >= 15 is 0 Å². The van der Waals surface area contributed by atoms with Gasteiger partial charge in [-0.3, -0.25) is 9.69 Å². The second kappa shape index (κ2) is 8.46. The average molecular weight is 477 g/mol. The van der Waals surface area contributed by atoms with E-state index in [0.717, 1.165) is 58.6 Å². The van der Waals surface area contributed by atoms with Crippen LogP contribution in [0.15, 0.2) is 45.3 Å². The number of nitrogens with one attached hydrogen (secondary N) is 1.